The van der Waals surface area contributed by atoms with E-state index in [-0.39, 0.29) is 5.57 Å². The second kappa shape index (κ2) is 8.21. The fourth-order valence-electron chi connectivity index (χ4n) is 1.95. The van der Waals surface area contributed by atoms with Crippen molar-refractivity contribution in [3.05, 3.63) is 62.7 Å². The summed E-state index contributed by atoms with van der Waals surface area (Å²) in [6.07, 6.45) is 1.52. The van der Waals surface area contributed by atoms with Crippen molar-refractivity contribution >= 4 is 28.7 Å². The quantitative estimate of drug-likeness (QED) is 0.538. The number of rotatable bonds is 5. The minimum Gasteiger partial charge on any atom is -0.493 e. The molecule has 0 unspecified atom stereocenters. The molecule has 0 N–H and O–H groups in total. The summed E-state index contributed by atoms with van der Waals surface area (Å²) in [7, 11) is 1.56. The van der Waals surface area contributed by atoms with E-state index in [0.717, 1.165) is 14.7 Å². The summed E-state index contributed by atoms with van der Waals surface area (Å²) in [4.78, 5) is 0. The number of allylic oxidation sites excluding steroid dienone is 1. The van der Waals surface area contributed by atoms with Crippen molar-refractivity contribution in [3.63, 3.8) is 0 Å². The van der Waals surface area contributed by atoms with E-state index in [1.807, 2.05) is 48.5 Å². The van der Waals surface area contributed by atoms with Gasteiger partial charge in [-0.2, -0.15) is 10.5 Å². The monoisotopic (exact) mass is 416 g/mol. The van der Waals surface area contributed by atoms with Gasteiger partial charge in [0, 0.05) is 0 Å². The van der Waals surface area contributed by atoms with E-state index in [1.165, 1.54) is 6.08 Å². The lowest BCUT2D eigenvalue weighted by atomic mass is 10.1. The number of hydrogen-bond donors (Lipinski definition) is 0. The lowest BCUT2D eigenvalue weighted by molar-refractivity contribution is 0.282. The van der Waals surface area contributed by atoms with Crippen molar-refractivity contribution in [2.75, 3.05) is 7.11 Å². The minimum atomic E-state index is 0.0424. The van der Waals surface area contributed by atoms with Gasteiger partial charge in [-0.3, -0.25) is 0 Å². The predicted octanol–water partition coefficient (Wildman–Crippen LogP) is 4.31. The van der Waals surface area contributed by atoms with Crippen LogP contribution in [0.15, 0.2) is 48.0 Å². The van der Waals surface area contributed by atoms with Gasteiger partial charge in [-0.15, -0.1) is 0 Å². The van der Waals surface area contributed by atoms with Gasteiger partial charge >= 0.3 is 0 Å². The smallest absolute Gasteiger partial charge is 0.174 e. The first-order valence-corrected chi connectivity index (χ1v) is 7.82. The van der Waals surface area contributed by atoms with Crippen LogP contribution in [-0.2, 0) is 6.61 Å². The van der Waals surface area contributed by atoms with Crippen LogP contribution < -0.4 is 9.47 Å². The summed E-state index contributed by atoms with van der Waals surface area (Å²) in [5.41, 5.74) is 1.82. The number of benzene rings is 2. The Kier molecular flexibility index (Phi) is 6.02. The number of nitriles is 2. The molecule has 4 nitrogen and oxygen atoms in total. The lowest BCUT2D eigenvalue weighted by Gasteiger charge is -2.13. The highest BCUT2D eigenvalue weighted by atomic mass is 127. The molecule has 0 spiro atoms. The Labute approximate surface area is 148 Å². The van der Waals surface area contributed by atoms with Crippen molar-refractivity contribution in [2.24, 2.45) is 0 Å². The van der Waals surface area contributed by atoms with Gasteiger partial charge in [-0.1, -0.05) is 30.3 Å². The zero-order valence-corrected chi connectivity index (χ0v) is 14.6. The topological polar surface area (TPSA) is 66.0 Å². The molecule has 2 aromatic carbocycles. The maximum Gasteiger partial charge on any atom is 0.174 e. The predicted molar refractivity (Wildman–Crippen MR) is 95.7 cm³/mol. The van der Waals surface area contributed by atoms with Crippen LogP contribution in [0.2, 0.25) is 0 Å². The largest absolute Gasteiger partial charge is 0.493 e. The van der Waals surface area contributed by atoms with Gasteiger partial charge in [0.05, 0.1) is 10.7 Å². The van der Waals surface area contributed by atoms with E-state index in [1.54, 1.807) is 13.2 Å². The summed E-state index contributed by atoms with van der Waals surface area (Å²) in [5.74, 6) is 1.21. The third kappa shape index (κ3) is 4.48. The molecule has 2 aromatic rings. The Balaban J connectivity index is 2.29. The summed E-state index contributed by atoms with van der Waals surface area (Å²) >= 11 is 2.15. The van der Waals surface area contributed by atoms with Crippen LogP contribution in [0.5, 0.6) is 11.5 Å². The first-order valence-electron chi connectivity index (χ1n) is 6.74. The van der Waals surface area contributed by atoms with Crippen LogP contribution in [0.1, 0.15) is 11.1 Å². The summed E-state index contributed by atoms with van der Waals surface area (Å²) < 4.78 is 12.1. The van der Waals surface area contributed by atoms with Crippen LogP contribution in [0, 0.1) is 26.2 Å². The Bertz CT molecular complexity index is 786. The van der Waals surface area contributed by atoms with Crippen LogP contribution >= 0.6 is 22.6 Å². The molecule has 2 rings (SSSR count). The molecule has 5 heteroatoms. The molecule has 0 amide bonds. The van der Waals surface area contributed by atoms with E-state index >= 15 is 0 Å². The van der Waals surface area contributed by atoms with Gasteiger partial charge in [-0.05, 0) is 51.9 Å². The van der Waals surface area contributed by atoms with E-state index in [9.17, 15) is 0 Å². The lowest BCUT2D eigenvalue weighted by Crippen LogP contribution is -2.00. The Hall–Kier alpha value is -2.51. The molecular formula is C18H13IN2O2. The van der Waals surface area contributed by atoms with Crippen LogP contribution in [0.4, 0.5) is 0 Å². The number of hydrogen-bond acceptors (Lipinski definition) is 4. The Morgan fingerprint density at radius 2 is 1.87 bits per heavy atom. The molecule has 0 aliphatic heterocycles. The number of ether oxygens (including phenoxy) is 2. The van der Waals surface area contributed by atoms with Gasteiger partial charge in [0.2, 0.25) is 0 Å². The second-order valence-electron chi connectivity index (χ2n) is 4.59. The fourth-order valence-corrected chi connectivity index (χ4v) is 2.73. The second-order valence-corrected chi connectivity index (χ2v) is 5.75. The highest BCUT2D eigenvalue weighted by Gasteiger charge is 2.11. The average molecular weight is 416 g/mol. The molecule has 114 valence electrons. The molecule has 0 aliphatic carbocycles. The average Bonchev–Trinajstić information content (AvgIpc) is 2.59. The molecule has 0 saturated heterocycles. The van der Waals surface area contributed by atoms with Crippen LogP contribution in [0.25, 0.3) is 6.08 Å². The zero-order chi connectivity index (χ0) is 16.7. The normalized spacial score (nSPS) is 9.39. The van der Waals surface area contributed by atoms with Gasteiger partial charge in [0.1, 0.15) is 24.3 Å². The number of methoxy groups -OCH3 is 1. The van der Waals surface area contributed by atoms with E-state index < -0.39 is 0 Å². The molecule has 0 atom stereocenters. The van der Waals surface area contributed by atoms with Crippen molar-refractivity contribution < 1.29 is 9.47 Å². The molecule has 0 fully saturated rings. The molecule has 0 saturated carbocycles. The zero-order valence-electron chi connectivity index (χ0n) is 12.4. The van der Waals surface area contributed by atoms with Gasteiger partial charge in [0.15, 0.2) is 11.5 Å². The summed E-state index contributed by atoms with van der Waals surface area (Å²) in [5, 5.41) is 17.7. The molecule has 0 bridgehead atoms. The molecule has 23 heavy (non-hydrogen) atoms. The van der Waals surface area contributed by atoms with Crippen molar-refractivity contribution in [1.82, 2.24) is 0 Å². The molecule has 0 heterocycles. The Morgan fingerprint density at radius 1 is 1.17 bits per heavy atom. The van der Waals surface area contributed by atoms with E-state index in [2.05, 4.69) is 22.6 Å². The van der Waals surface area contributed by atoms with Gasteiger partial charge in [0.25, 0.3) is 0 Å². The highest BCUT2D eigenvalue weighted by molar-refractivity contribution is 14.1. The SMILES string of the molecule is COc1cc(C=C(C#N)C#N)cc(I)c1OCc1ccccc1. The third-order valence-electron chi connectivity index (χ3n) is 3.03. The summed E-state index contributed by atoms with van der Waals surface area (Å²) in [6, 6.07) is 17.1. The Morgan fingerprint density at radius 3 is 2.48 bits per heavy atom. The number of nitrogens with zero attached hydrogens (tertiary/aromatic N) is 2. The number of halogens is 1. The standard InChI is InChI=1S/C18H13IN2O2/c1-22-17-9-14(7-15(10-20)11-21)8-16(19)18(17)23-12-13-5-3-2-4-6-13/h2-9H,12H2,1H3. The summed E-state index contributed by atoms with van der Waals surface area (Å²) in [6.45, 7) is 0.435. The molecule has 0 aromatic heterocycles. The van der Waals surface area contributed by atoms with Crippen LogP contribution in [-0.4, -0.2) is 7.11 Å². The van der Waals surface area contributed by atoms with Gasteiger partial charge < -0.3 is 9.47 Å². The maximum atomic E-state index is 8.85. The maximum absolute atomic E-state index is 8.85. The molecule has 0 aliphatic rings. The van der Waals surface area contributed by atoms with E-state index in [0.29, 0.717) is 18.1 Å². The van der Waals surface area contributed by atoms with Crippen LogP contribution in [0.3, 0.4) is 0 Å². The van der Waals surface area contributed by atoms with Gasteiger partial charge in [-0.25, -0.2) is 0 Å². The van der Waals surface area contributed by atoms with Crippen molar-refractivity contribution in [1.29, 1.82) is 10.5 Å². The third-order valence-corrected chi connectivity index (χ3v) is 3.83. The van der Waals surface area contributed by atoms with Crippen molar-refractivity contribution in [2.45, 2.75) is 6.61 Å². The van der Waals surface area contributed by atoms with Crippen molar-refractivity contribution in [3.8, 4) is 23.6 Å². The molecular weight excluding hydrogens is 403 g/mol. The van der Waals surface area contributed by atoms with E-state index in [4.69, 9.17) is 20.0 Å². The fraction of sp³-hybridized carbons (Fsp3) is 0.111. The molecule has 0 radical (unpaired) electrons. The first kappa shape index (κ1) is 16.9. The first-order chi connectivity index (χ1) is 11.2. The highest BCUT2D eigenvalue weighted by Crippen LogP contribution is 2.35. The minimum absolute atomic E-state index is 0.0424.